The fraction of sp³-hybridized carbons (Fsp3) is 0.147. The number of nitro groups is 1. The molecule has 1 N–H and O–H groups in total. The number of hydrogen-bond donors (Lipinski definition) is 1. The zero-order chi connectivity index (χ0) is 31.7. The van der Waals surface area contributed by atoms with Gasteiger partial charge in [0.2, 0.25) is 0 Å². The Labute approximate surface area is 270 Å². The van der Waals surface area contributed by atoms with Crippen molar-refractivity contribution in [3.8, 4) is 5.69 Å². The van der Waals surface area contributed by atoms with Gasteiger partial charge in [0.05, 0.1) is 35.4 Å². The Hall–Kier alpha value is -5.00. The summed E-state index contributed by atoms with van der Waals surface area (Å²) in [4.78, 5) is 31.4. The Bertz CT molecular complexity index is 1880. The Morgan fingerprint density at radius 2 is 1.60 bits per heavy atom. The molecule has 1 fully saturated rings. The van der Waals surface area contributed by atoms with Crippen LogP contribution in [0.1, 0.15) is 45.1 Å². The van der Waals surface area contributed by atoms with Crippen molar-refractivity contribution >= 4 is 46.4 Å². The van der Waals surface area contributed by atoms with E-state index in [1.807, 2.05) is 54.6 Å². The number of ether oxygens (including phenoxy) is 1. The second-order valence-electron chi connectivity index (χ2n) is 10.5. The standard InChI is InChI=1S/C34H29N5O4S2/c1-21-20-29(22(2)37(21)24-9-7-23(8-10-24)33(40)43-3)32-31(30-6-4-5-19-35-30)36-34(44)38(32)25-11-15-27(16-12-25)45-28-17-13-26(14-18-28)39(41)42/h4-20,31-32H,1-3H3,(H,36,44)/t31-,32-/m1/s1. The number of carbonyl (C=O) groups excluding carboxylic acids is 1. The van der Waals surface area contributed by atoms with Crippen molar-refractivity contribution in [2.45, 2.75) is 35.7 Å². The molecule has 0 aliphatic carbocycles. The number of carbonyl (C=O) groups is 1. The predicted molar refractivity (Wildman–Crippen MR) is 178 cm³/mol. The molecule has 0 radical (unpaired) electrons. The first-order valence-corrected chi connectivity index (χ1v) is 15.4. The van der Waals surface area contributed by atoms with E-state index in [1.54, 1.807) is 30.5 Å². The molecule has 2 aromatic heterocycles. The first-order valence-electron chi connectivity index (χ1n) is 14.2. The maximum absolute atomic E-state index is 12.0. The maximum atomic E-state index is 12.0. The average Bonchev–Trinajstić information content (AvgIpc) is 3.56. The van der Waals surface area contributed by atoms with Crippen molar-refractivity contribution in [3.63, 3.8) is 0 Å². The van der Waals surface area contributed by atoms with Crippen LogP contribution in [0, 0.1) is 24.0 Å². The smallest absolute Gasteiger partial charge is 0.337 e. The molecule has 0 bridgehead atoms. The highest BCUT2D eigenvalue weighted by atomic mass is 32.2. The molecule has 5 aromatic rings. The van der Waals surface area contributed by atoms with Crippen molar-refractivity contribution in [1.29, 1.82) is 0 Å². The van der Waals surface area contributed by atoms with E-state index in [9.17, 15) is 14.9 Å². The van der Waals surface area contributed by atoms with Gasteiger partial charge in [-0.2, -0.15) is 0 Å². The third-order valence-corrected chi connectivity index (χ3v) is 9.16. The number of nitrogens with one attached hydrogen (secondary N) is 1. The molecule has 226 valence electrons. The minimum absolute atomic E-state index is 0.0656. The molecule has 45 heavy (non-hydrogen) atoms. The molecule has 3 aromatic carbocycles. The van der Waals surface area contributed by atoms with Gasteiger partial charge in [-0.15, -0.1) is 0 Å². The van der Waals surface area contributed by atoms with Crippen LogP contribution in [-0.2, 0) is 4.74 Å². The normalized spacial score (nSPS) is 16.0. The van der Waals surface area contributed by atoms with Crippen LogP contribution in [0.5, 0.6) is 0 Å². The predicted octanol–water partition coefficient (Wildman–Crippen LogP) is 7.51. The molecule has 2 atom stereocenters. The summed E-state index contributed by atoms with van der Waals surface area (Å²) in [5.74, 6) is -0.375. The lowest BCUT2D eigenvalue weighted by Gasteiger charge is -2.28. The highest BCUT2D eigenvalue weighted by molar-refractivity contribution is 7.99. The second kappa shape index (κ2) is 12.5. The van der Waals surface area contributed by atoms with Crippen LogP contribution in [0.3, 0.4) is 0 Å². The second-order valence-corrected chi connectivity index (χ2v) is 12.1. The van der Waals surface area contributed by atoms with Gasteiger partial charge in [-0.1, -0.05) is 17.8 Å². The molecular weight excluding hydrogens is 607 g/mol. The van der Waals surface area contributed by atoms with Crippen LogP contribution in [0.25, 0.3) is 5.69 Å². The molecule has 6 rings (SSSR count). The third-order valence-electron chi connectivity index (χ3n) is 7.83. The van der Waals surface area contributed by atoms with Gasteiger partial charge in [-0.25, -0.2) is 4.79 Å². The summed E-state index contributed by atoms with van der Waals surface area (Å²) in [6.07, 6.45) is 1.79. The summed E-state index contributed by atoms with van der Waals surface area (Å²) in [5.41, 5.74) is 6.48. The van der Waals surface area contributed by atoms with E-state index in [0.29, 0.717) is 10.7 Å². The van der Waals surface area contributed by atoms with Crippen molar-refractivity contribution in [3.05, 3.63) is 142 Å². The van der Waals surface area contributed by atoms with Crippen LogP contribution in [0.15, 0.2) is 113 Å². The Morgan fingerprint density at radius 3 is 2.20 bits per heavy atom. The lowest BCUT2D eigenvalue weighted by Crippen LogP contribution is -2.29. The number of esters is 1. The van der Waals surface area contributed by atoms with Gasteiger partial charge in [0, 0.05) is 50.9 Å². The number of aromatic nitrogens is 2. The van der Waals surface area contributed by atoms with Gasteiger partial charge in [0.25, 0.3) is 5.69 Å². The van der Waals surface area contributed by atoms with E-state index in [4.69, 9.17) is 17.0 Å². The fourth-order valence-electron chi connectivity index (χ4n) is 5.74. The van der Waals surface area contributed by atoms with Crippen molar-refractivity contribution in [2.75, 3.05) is 12.0 Å². The zero-order valence-corrected chi connectivity index (χ0v) is 26.3. The van der Waals surface area contributed by atoms with E-state index in [1.165, 1.54) is 31.0 Å². The summed E-state index contributed by atoms with van der Waals surface area (Å²) in [7, 11) is 1.37. The van der Waals surface area contributed by atoms with Gasteiger partial charge in [0.15, 0.2) is 5.11 Å². The molecule has 11 heteroatoms. The van der Waals surface area contributed by atoms with Gasteiger partial charge >= 0.3 is 5.97 Å². The fourth-order valence-corrected chi connectivity index (χ4v) is 6.91. The Morgan fingerprint density at radius 1 is 0.956 bits per heavy atom. The van der Waals surface area contributed by atoms with Gasteiger partial charge < -0.3 is 19.5 Å². The molecular formula is C34H29N5O4S2. The number of benzene rings is 3. The molecule has 1 aliphatic rings. The third kappa shape index (κ3) is 5.92. The van der Waals surface area contributed by atoms with Crippen molar-refractivity contribution in [1.82, 2.24) is 14.9 Å². The number of thiocarbonyl (C=S) groups is 1. The van der Waals surface area contributed by atoms with Crippen LogP contribution in [0.2, 0.25) is 0 Å². The minimum atomic E-state index is -0.400. The summed E-state index contributed by atoms with van der Waals surface area (Å²) in [6, 6.07) is 29.7. The number of aryl methyl sites for hydroxylation is 1. The number of methoxy groups -OCH3 is 1. The Kier molecular flexibility index (Phi) is 8.38. The topological polar surface area (TPSA) is 103 Å². The molecule has 0 amide bonds. The van der Waals surface area contributed by atoms with Crippen molar-refractivity contribution < 1.29 is 14.5 Å². The number of nitrogens with zero attached hydrogens (tertiary/aromatic N) is 4. The highest BCUT2D eigenvalue weighted by Crippen LogP contribution is 2.44. The monoisotopic (exact) mass is 635 g/mol. The van der Waals surface area contributed by atoms with Crippen LogP contribution < -0.4 is 10.2 Å². The molecule has 0 saturated carbocycles. The molecule has 1 aliphatic heterocycles. The lowest BCUT2D eigenvalue weighted by atomic mass is 9.96. The minimum Gasteiger partial charge on any atom is -0.465 e. The van der Waals surface area contributed by atoms with E-state index in [0.717, 1.165) is 43.8 Å². The van der Waals surface area contributed by atoms with Gasteiger partial charge in [-0.3, -0.25) is 15.1 Å². The maximum Gasteiger partial charge on any atom is 0.337 e. The summed E-state index contributed by atoms with van der Waals surface area (Å²) < 4.78 is 7.04. The van der Waals surface area contributed by atoms with E-state index < -0.39 is 4.92 Å². The van der Waals surface area contributed by atoms with E-state index in [2.05, 4.69) is 39.7 Å². The summed E-state index contributed by atoms with van der Waals surface area (Å²) in [6.45, 7) is 4.16. The number of anilines is 1. The van der Waals surface area contributed by atoms with Crippen LogP contribution >= 0.6 is 24.0 Å². The highest BCUT2D eigenvalue weighted by Gasteiger charge is 2.42. The molecule has 3 heterocycles. The molecule has 0 unspecified atom stereocenters. The molecule has 1 saturated heterocycles. The van der Waals surface area contributed by atoms with Gasteiger partial charge in [0.1, 0.15) is 0 Å². The van der Waals surface area contributed by atoms with Crippen LogP contribution in [0.4, 0.5) is 11.4 Å². The number of rotatable bonds is 8. The van der Waals surface area contributed by atoms with Gasteiger partial charge in [-0.05, 0) is 110 Å². The summed E-state index contributed by atoms with van der Waals surface area (Å²) in [5, 5.41) is 15.1. The Balaban J connectivity index is 1.36. The number of hydrogen-bond acceptors (Lipinski definition) is 7. The summed E-state index contributed by atoms with van der Waals surface area (Å²) >= 11 is 7.48. The van der Waals surface area contributed by atoms with Crippen LogP contribution in [-0.4, -0.2) is 32.7 Å². The molecule has 9 nitrogen and oxygen atoms in total. The quantitative estimate of drug-likeness (QED) is 0.0803. The average molecular weight is 636 g/mol. The first-order chi connectivity index (χ1) is 21.7. The zero-order valence-electron chi connectivity index (χ0n) is 24.7. The largest absolute Gasteiger partial charge is 0.465 e. The van der Waals surface area contributed by atoms with E-state index >= 15 is 0 Å². The SMILES string of the molecule is COC(=O)c1ccc(-n2c(C)cc([C@@H]3[C@@H](c4ccccn4)NC(=S)N3c3ccc(Sc4ccc([N+](=O)[O-])cc4)cc3)c2C)cc1. The number of non-ortho nitro benzene ring substituents is 1. The lowest BCUT2D eigenvalue weighted by molar-refractivity contribution is -0.384. The molecule has 0 spiro atoms. The number of pyridine rings is 1. The number of nitro benzene ring substituents is 1. The first kappa shape index (κ1) is 30.0. The van der Waals surface area contributed by atoms with Crippen molar-refractivity contribution in [2.24, 2.45) is 0 Å². The van der Waals surface area contributed by atoms with E-state index in [-0.39, 0.29) is 23.7 Å².